The average molecular weight is 299 g/mol. The van der Waals surface area contributed by atoms with Crippen molar-refractivity contribution in [2.24, 2.45) is 5.92 Å². The van der Waals surface area contributed by atoms with Gasteiger partial charge in [-0.2, -0.15) is 0 Å². The molecule has 0 bridgehead atoms. The summed E-state index contributed by atoms with van der Waals surface area (Å²) in [4.78, 5) is 2.72. The van der Waals surface area contributed by atoms with Crippen molar-refractivity contribution < 1.29 is 4.74 Å². The summed E-state index contributed by atoms with van der Waals surface area (Å²) in [6, 6.07) is 1.99. The van der Waals surface area contributed by atoms with Crippen LogP contribution in [0.5, 0.6) is 0 Å². The number of hydrogen-bond donors (Lipinski definition) is 1. The molecule has 0 heterocycles. The van der Waals surface area contributed by atoms with E-state index in [0.717, 1.165) is 25.6 Å². The van der Waals surface area contributed by atoms with Crippen molar-refractivity contribution in [3.63, 3.8) is 0 Å². The number of nitrogens with zero attached hydrogens (tertiary/aromatic N) is 1. The van der Waals surface area contributed by atoms with Crippen LogP contribution in [-0.2, 0) is 4.74 Å². The highest BCUT2D eigenvalue weighted by Gasteiger charge is 2.34. The Morgan fingerprint density at radius 1 is 1.24 bits per heavy atom. The summed E-state index contributed by atoms with van der Waals surface area (Å²) in [6.45, 7) is 12.2. The van der Waals surface area contributed by atoms with Crippen LogP contribution in [0, 0.1) is 5.92 Å². The lowest BCUT2D eigenvalue weighted by Crippen LogP contribution is -2.56. The Kier molecular flexibility index (Phi) is 9.54. The molecule has 0 amide bonds. The summed E-state index contributed by atoms with van der Waals surface area (Å²) in [5.41, 5.74) is 0. The molecule has 0 spiro atoms. The molecule has 21 heavy (non-hydrogen) atoms. The molecule has 0 radical (unpaired) electrons. The van der Waals surface area contributed by atoms with Gasteiger partial charge in [0.05, 0.1) is 6.61 Å². The molecule has 3 nitrogen and oxygen atoms in total. The highest BCUT2D eigenvalue weighted by atomic mass is 16.5. The quantitative estimate of drug-likeness (QED) is 0.666. The molecule has 3 heteroatoms. The number of likely N-dealkylation sites (N-methyl/N-ethyl adjacent to an activating group) is 1. The van der Waals surface area contributed by atoms with Crippen LogP contribution < -0.4 is 5.32 Å². The fourth-order valence-electron chi connectivity index (χ4n) is 3.91. The predicted octanol–water partition coefficient (Wildman–Crippen LogP) is 3.68. The first-order valence-corrected chi connectivity index (χ1v) is 9.15. The Bertz CT molecular complexity index is 260. The van der Waals surface area contributed by atoms with Gasteiger partial charge in [-0.15, -0.1) is 0 Å². The van der Waals surface area contributed by atoms with E-state index in [0.29, 0.717) is 18.1 Å². The summed E-state index contributed by atoms with van der Waals surface area (Å²) in [5.74, 6) is 0.920. The van der Waals surface area contributed by atoms with E-state index in [1.807, 2.05) is 7.11 Å². The molecule has 4 unspecified atom stereocenters. The minimum Gasteiger partial charge on any atom is -0.383 e. The molecule has 4 atom stereocenters. The second-order valence-corrected chi connectivity index (χ2v) is 6.69. The molecule has 0 saturated heterocycles. The second-order valence-electron chi connectivity index (χ2n) is 6.69. The monoisotopic (exact) mass is 298 g/mol. The maximum Gasteiger partial charge on any atom is 0.0589 e. The normalized spacial score (nSPS) is 28.0. The summed E-state index contributed by atoms with van der Waals surface area (Å²) >= 11 is 0. The van der Waals surface area contributed by atoms with Gasteiger partial charge in [-0.1, -0.05) is 33.6 Å². The van der Waals surface area contributed by atoms with Crippen LogP contribution in [0.25, 0.3) is 0 Å². The molecular weight excluding hydrogens is 260 g/mol. The molecule has 1 rings (SSSR count). The van der Waals surface area contributed by atoms with Crippen molar-refractivity contribution in [1.29, 1.82) is 0 Å². The molecule has 0 aromatic carbocycles. The summed E-state index contributed by atoms with van der Waals surface area (Å²) in [6.07, 6.45) is 8.04. The van der Waals surface area contributed by atoms with Gasteiger partial charge in [0.25, 0.3) is 0 Å². The van der Waals surface area contributed by atoms with Crippen LogP contribution in [0.15, 0.2) is 0 Å². The van der Waals surface area contributed by atoms with Crippen LogP contribution in [-0.4, -0.2) is 49.8 Å². The first-order chi connectivity index (χ1) is 10.2. The SMILES string of the molecule is CCCC1CCC(NCC)C(N(CCOC)C(C)CC)C1. The van der Waals surface area contributed by atoms with E-state index < -0.39 is 0 Å². The summed E-state index contributed by atoms with van der Waals surface area (Å²) < 4.78 is 5.37. The number of hydrogen-bond acceptors (Lipinski definition) is 3. The number of ether oxygens (including phenoxy) is 1. The molecule has 0 aromatic heterocycles. The molecule has 1 aliphatic rings. The number of nitrogens with one attached hydrogen (secondary N) is 1. The molecular formula is C18H38N2O. The first-order valence-electron chi connectivity index (χ1n) is 9.15. The zero-order valence-corrected chi connectivity index (χ0v) is 15.0. The summed E-state index contributed by atoms with van der Waals surface area (Å²) in [7, 11) is 1.82. The molecule has 1 N–H and O–H groups in total. The summed E-state index contributed by atoms with van der Waals surface area (Å²) in [5, 5.41) is 3.75. The first kappa shape index (κ1) is 18.9. The van der Waals surface area contributed by atoms with Crippen molar-refractivity contribution in [2.45, 2.75) is 84.3 Å². The Labute approximate surface area is 132 Å². The molecule has 126 valence electrons. The topological polar surface area (TPSA) is 24.5 Å². The fraction of sp³-hybridized carbons (Fsp3) is 1.00. The smallest absolute Gasteiger partial charge is 0.0589 e. The Hall–Kier alpha value is -0.120. The van der Waals surface area contributed by atoms with Gasteiger partial charge in [0, 0.05) is 31.8 Å². The largest absolute Gasteiger partial charge is 0.383 e. The molecule has 1 saturated carbocycles. The van der Waals surface area contributed by atoms with Gasteiger partial charge in [-0.3, -0.25) is 4.90 Å². The molecule has 1 fully saturated rings. The van der Waals surface area contributed by atoms with Crippen LogP contribution in [0.4, 0.5) is 0 Å². The second kappa shape index (κ2) is 10.6. The van der Waals surface area contributed by atoms with Crippen molar-refractivity contribution in [3.8, 4) is 0 Å². The Morgan fingerprint density at radius 2 is 2.00 bits per heavy atom. The van der Waals surface area contributed by atoms with Crippen molar-refractivity contribution in [2.75, 3.05) is 26.8 Å². The predicted molar refractivity (Wildman–Crippen MR) is 91.8 cm³/mol. The highest BCUT2D eigenvalue weighted by Crippen LogP contribution is 2.32. The third kappa shape index (κ3) is 5.88. The van der Waals surface area contributed by atoms with Crippen LogP contribution in [0.1, 0.15) is 66.2 Å². The lowest BCUT2D eigenvalue weighted by atomic mass is 9.79. The van der Waals surface area contributed by atoms with E-state index in [2.05, 4.69) is 37.9 Å². The van der Waals surface area contributed by atoms with E-state index in [4.69, 9.17) is 4.74 Å². The van der Waals surface area contributed by atoms with E-state index in [-0.39, 0.29) is 0 Å². The van der Waals surface area contributed by atoms with E-state index in [1.54, 1.807) is 0 Å². The third-order valence-corrected chi connectivity index (χ3v) is 5.23. The molecule has 0 aliphatic heterocycles. The van der Waals surface area contributed by atoms with Gasteiger partial charge in [0.2, 0.25) is 0 Å². The lowest BCUT2D eigenvalue weighted by molar-refractivity contribution is 0.0393. The average Bonchev–Trinajstić information content (AvgIpc) is 2.50. The van der Waals surface area contributed by atoms with Crippen LogP contribution >= 0.6 is 0 Å². The minimum absolute atomic E-state index is 0.645. The van der Waals surface area contributed by atoms with Crippen molar-refractivity contribution in [3.05, 3.63) is 0 Å². The maximum absolute atomic E-state index is 5.37. The van der Waals surface area contributed by atoms with Gasteiger partial charge in [0.15, 0.2) is 0 Å². The zero-order valence-electron chi connectivity index (χ0n) is 15.0. The van der Waals surface area contributed by atoms with Gasteiger partial charge in [0.1, 0.15) is 0 Å². The standard InChI is InChI=1S/C18H38N2O/c1-6-9-16-10-11-17(19-8-3)18(14-16)20(12-13-21-5)15(4)7-2/h15-19H,6-14H2,1-5H3. The maximum atomic E-state index is 5.37. The van der Waals surface area contributed by atoms with Crippen molar-refractivity contribution in [1.82, 2.24) is 10.2 Å². The highest BCUT2D eigenvalue weighted by molar-refractivity contribution is 4.92. The lowest BCUT2D eigenvalue weighted by Gasteiger charge is -2.45. The van der Waals surface area contributed by atoms with Crippen LogP contribution in [0.2, 0.25) is 0 Å². The van der Waals surface area contributed by atoms with Gasteiger partial charge >= 0.3 is 0 Å². The van der Waals surface area contributed by atoms with E-state index >= 15 is 0 Å². The van der Waals surface area contributed by atoms with Crippen molar-refractivity contribution >= 4 is 0 Å². The van der Waals surface area contributed by atoms with Gasteiger partial charge in [-0.05, 0) is 45.1 Å². The Morgan fingerprint density at radius 3 is 2.57 bits per heavy atom. The number of rotatable bonds is 10. The fourth-order valence-corrected chi connectivity index (χ4v) is 3.91. The Balaban J connectivity index is 2.78. The third-order valence-electron chi connectivity index (χ3n) is 5.23. The van der Waals surface area contributed by atoms with Gasteiger partial charge in [-0.25, -0.2) is 0 Å². The minimum atomic E-state index is 0.645. The number of methoxy groups -OCH3 is 1. The molecule has 0 aromatic rings. The van der Waals surface area contributed by atoms with Crippen LogP contribution in [0.3, 0.4) is 0 Å². The van der Waals surface area contributed by atoms with E-state index in [9.17, 15) is 0 Å². The zero-order chi connectivity index (χ0) is 15.7. The molecule has 1 aliphatic carbocycles. The van der Waals surface area contributed by atoms with E-state index in [1.165, 1.54) is 38.5 Å². The van der Waals surface area contributed by atoms with Gasteiger partial charge < -0.3 is 10.1 Å².